The average molecular weight is 295 g/mol. The molecule has 0 atom stereocenters. The van der Waals surface area contributed by atoms with Crippen molar-refractivity contribution in [1.82, 2.24) is 24.9 Å². The highest BCUT2D eigenvalue weighted by molar-refractivity contribution is 5.52. The molecule has 0 saturated carbocycles. The van der Waals surface area contributed by atoms with Gasteiger partial charge in [-0.3, -0.25) is 9.58 Å². The number of aromatic nitrogens is 4. The highest BCUT2D eigenvalue weighted by Crippen LogP contribution is 2.23. The molecule has 1 fully saturated rings. The fourth-order valence-electron chi connectivity index (χ4n) is 2.66. The largest absolute Gasteiger partial charge is 0.419 e. The first-order valence-corrected chi connectivity index (χ1v) is 7.39. The van der Waals surface area contributed by atoms with Crippen molar-refractivity contribution < 1.29 is 4.42 Å². The minimum atomic E-state index is 0.453. The first-order chi connectivity index (χ1) is 10.8. The van der Waals surface area contributed by atoms with E-state index in [0.29, 0.717) is 24.4 Å². The van der Waals surface area contributed by atoms with Crippen LogP contribution in [0.3, 0.4) is 0 Å². The van der Waals surface area contributed by atoms with Gasteiger partial charge in [0, 0.05) is 31.0 Å². The molecule has 0 spiro atoms. The summed E-state index contributed by atoms with van der Waals surface area (Å²) in [4.78, 5) is 2.28. The summed E-state index contributed by atoms with van der Waals surface area (Å²) in [6.07, 6.45) is 3.82. The molecule has 2 aromatic heterocycles. The third kappa shape index (κ3) is 2.53. The highest BCUT2D eigenvalue weighted by Gasteiger charge is 2.29. The van der Waals surface area contributed by atoms with Crippen LogP contribution in [0.1, 0.15) is 17.5 Å². The van der Waals surface area contributed by atoms with Crippen molar-refractivity contribution >= 4 is 0 Å². The zero-order valence-corrected chi connectivity index (χ0v) is 12.4. The van der Waals surface area contributed by atoms with Crippen LogP contribution in [0.5, 0.6) is 0 Å². The number of nitrogens with zero attached hydrogens (tertiary/aromatic N) is 5. The Morgan fingerprint density at radius 3 is 2.73 bits per heavy atom. The van der Waals surface area contributed by atoms with Gasteiger partial charge in [-0.25, -0.2) is 0 Å². The third-order valence-electron chi connectivity index (χ3n) is 3.96. The van der Waals surface area contributed by atoms with E-state index >= 15 is 0 Å². The summed E-state index contributed by atoms with van der Waals surface area (Å²) >= 11 is 0. The number of benzene rings is 1. The van der Waals surface area contributed by atoms with Crippen LogP contribution in [-0.4, -0.2) is 38.0 Å². The fourth-order valence-corrected chi connectivity index (χ4v) is 2.66. The molecular formula is C16H17N5O. The zero-order valence-electron chi connectivity index (χ0n) is 12.4. The second kappa shape index (κ2) is 5.38. The summed E-state index contributed by atoms with van der Waals surface area (Å²) in [5.41, 5.74) is 2.18. The predicted octanol–water partition coefficient (Wildman–Crippen LogP) is 2.30. The van der Waals surface area contributed by atoms with Gasteiger partial charge in [0.1, 0.15) is 0 Å². The lowest BCUT2D eigenvalue weighted by molar-refractivity contribution is 0.0817. The predicted molar refractivity (Wildman–Crippen MR) is 81.0 cm³/mol. The molecule has 1 aromatic carbocycles. The Morgan fingerprint density at radius 1 is 1.18 bits per heavy atom. The normalized spacial score (nSPS) is 15.9. The van der Waals surface area contributed by atoms with Crippen molar-refractivity contribution in [3.63, 3.8) is 0 Å². The highest BCUT2D eigenvalue weighted by atomic mass is 16.4. The Kier molecular flexibility index (Phi) is 3.23. The Hall–Kier alpha value is -2.47. The minimum absolute atomic E-state index is 0.453. The Bertz CT molecular complexity index is 741. The lowest BCUT2D eigenvalue weighted by Gasteiger charge is -2.38. The molecule has 1 aliphatic heterocycles. The molecule has 1 aliphatic rings. The number of likely N-dealkylation sites (tertiary alicyclic amines) is 1. The van der Waals surface area contributed by atoms with Crippen LogP contribution >= 0.6 is 0 Å². The molecule has 0 bridgehead atoms. The Morgan fingerprint density at radius 2 is 2.00 bits per heavy atom. The Balaban J connectivity index is 1.38. The summed E-state index contributed by atoms with van der Waals surface area (Å²) in [5, 5.41) is 12.5. The van der Waals surface area contributed by atoms with E-state index in [9.17, 15) is 0 Å². The van der Waals surface area contributed by atoms with E-state index in [-0.39, 0.29) is 0 Å². The van der Waals surface area contributed by atoms with Crippen molar-refractivity contribution in [2.24, 2.45) is 0 Å². The van der Waals surface area contributed by atoms with Gasteiger partial charge in [0.25, 0.3) is 0 Å². The van der Waals surface area contributed by atoms with Crippen molar-refractivity contribution in [1.29, 1.82) is 0 Å². The summed E-state index contributed by atoms with van der Waals surface area (Å²) in [7, 11) is 0. The second-order valence-electron chi connectivity index (χ2n) is 5.70. The van der Waals surface area contributed by atoms with Gasteiger partial charge in [-0.15, -0.1) is 10.2 Å². The number of hydrogen-bond donors (Lipinski definition) is 0. The fraction of sp³-hybridized carbons (Fsp3) is 0.312. The second-order valence-corrected chi connectivity index (χ2v) is 5.70. The molecule has 3 heterocycles. The van der Waals surface area contributed by atoms with Crippen LogP contribution in [0, 0.1) is 6.92 Å². The maximum Gasteiger partial charge on any atom is 0.247 e. The molecule has 0 N–H and O–H groups in total. The number of aryl methyl sites for hydroxylation is 1. The third-order valence-corrected chi connectivity index (χ3v) is 3.96. The molecule has 0 aliphatic carbocycles. The molecule has 0 radical (unpaired) electrons. The first kappa shape index (κ1) is 13.2. The van der Waals surface area contributed by atoms with Gasteiger partial charge < -0.3 is 4.42 Å². The molecule has 22 heavy (non-hydrogen) atoms. The average Bonchev–Trinajstić information content (AvgIpc) is 3.15. The molecule has 1 saturated heterocycles. The monoisotopic (exact) mass is 295 g/mol. The maximum absolute atomic E-state index is 5.76. The quantitative estimate of drug-likeness (QED) is 0.739. The van der Waals surface area contributed by atoms with Crippen molar-refractivity contribution in [3.05, 3.63) is 54.2 Å². The van der Waals surface area contributed by atoms with Crippen LogP contribution in [0.25, 0.3) is 11.5 Å². The van der Waals surface area contributed by atoms with Gasteiger partial charge in [-0.05, 0) is 25.1 Å². The SMILES string of the molecule is Cc1ccc(-c2nnc(CN3CC(n4cccn4)C3)o2)cc1. The lowest BCUT2D eigenvalue weighted by atomic mass is 10.1. The molecule has 112 valence electrons. The van der Waals surface area contributed by atoms with Gasteiger partial charge in [0.15, 0.2) is 0 Å². The lowest BCUT2D eigenvalue weighted by Crippen LogP contribution is -2.47. The van der Waals surface area contributed by atoms with E-state index in [4.69, 9.17) is 4.42 Å². The molecule has 4 rings (SSSR count). The van der Waals surface area contributed by atoms with Gasteiger partial charge in [-0.2, -0.15) is 5.10 Å². The van der Waals surface area contributed by atoms with E-state index in [2.05, 4.69) is 27.1 Å². The van der Waals surface area contributed by atoms with Crippen LogP contribution in [0.2, 0.25) is 0 Å². The summed E-state index contributed by atoms with van der Waals surface area (Å²) in [6, 6.07) is 10.5. The molecule has 6 nitrogen and oxygen atoms in total. The van der Waals surface area contributed by atoms with E-state index in [1.165, 1.54) is 5.56 Å². The van der Waals surface area contributed by atoms with E-state index in [1.807, 2.05) is 47.4 Å². The van der Waals surface area contributed by atoms with E-state index in [1.54, 1.807) is 0 Å². The standard InChI is InChI=1S/C16H17N5O/c1-12-3-5-13(6-4-12)16-19-18-15(22-16)11-20-9-14(10-20)21-8-2-7-17-21/h2-8,14H,9-11H2,1H3. The van der Waals surface area contributed by atoms with Crippen molar-refractivity contribution in [2.45, 2.75) is 19.5 Å². The van der Waals surface area contributed by atoms with E-state index < -0.39 is 0 Å². The molecule has 0 amide bonds. The van der Waals surface area contributed by atoms with Crippen molar-refractivity contribution in [2.75, 3.05) is 13.1 Å². The number of hydrogen-bond acceptors (Lipinski definition) is 5. The van der Waals surface area contributed by atoms with Crippen LogP contribution in [-0.2, 0) is 6.54 Å². The topological polar surface area (TPSA) is 60.0 Å². The summed E-state index contributed by atoms with van der Waals surface area (Å²) in [6.45, 7) is 4.67. The minimum Gasteiger partial charge on any atom is -0.419 e. The van der Waals surface area contributed by atoms with Crippen LogP contribution < -0.4 is 0 Å². The van der Waals surface area contributed by atoms with Crippen molar-refractivity contribution in [3.8, 4) is 11.5 Å². The summed E-state index contributed by atoms with van der Waals surface area (Å²) in [5.74, 6) is 1.24. The van der Waals surface area contributed by atoms with Gasteiger partial charge >= 0.3 is 0 Å². The molecule has 3 aromatic rings. The summed E-state index contributed by atoms with van der Waals surface area (Å²) < 4.78 is 7.76. The molecule has 6 heteroatoms. The smallest absolute Gasteiger partial charge is 0.247 e. The van der Waals surface area contributed by atoms with Crippen LogP contribution in [0.4, 0.5) is 0 Å². The zero-order chi connectivity index (χ0) is 14.9. The number of rotatable bonds is 4. The Labute approximate surface area is 128 Å². The molecular weight excluding hydrogens is 278 g/mol. The molecule has 0 unspecified atom stereocenters. The van der Waals surface area contributed by atoms with Crippen LogP contribution in [0.15, 0.2) is 47.1 Å². The van der Waals surface area contributed by atoms with E-state index in [0.717, 1.165) is 18.7 Å². The van der Waals surface area contributed by atoms with Gasteiger partial charge in [0.05, 0.1) is 12.6 Å². The van der Waals surface area contributed by atoms with Gasteiger partial charge in [0.2, 0.25) is 11.8 Å². The first-order valence-electron chi connectivity index (χ1n) is 7.39. The van der Waals surface area contributed by atoms with Gasteiger partial charge in [-0.1, -0.05) is 17.7 Å². The maximum atomic E-state index is 5.76.